The summed E-state index contributed by atoms with van der Waals surface area (Å²) >= 11 is 0. The molecule has 0 aromatic heterocycles. The number of alkyl halides is 1. The van der Waals surface area contributed by atoms with Gasteiger partial charge in [-0.1, -0.05) is 20.4 Å². The van der Waals surface area contributed by atoms with Crippen molar-refractivity contribution in [1.82, 2.24) is 4.90 Å². The topological polar surface area (TPSA) is 3.24 Å². The van der Waals surface area contributed by atoms with Crippen molar-refractivity contribution in [2.24, 2.45) is 5.92 Å². The monoisotopic (exact) mass is 171 g/mol. The summed E-state index contributed by atoms with van der Waals surface area (Å²) in [5, 5.41) is 0. The molecule has 1 nitrogen and oxygen atoms in total. The van der Waals surface area contributed by atoms with E-state index in [2.05, 4.69) is 25.3 Å². The lowest BCUT2D eigenvalue weighted by molar-refractivity contribution is 0.171. The van der Waals surface area contributed by atoms with Gasteiger partial charge in [0.2, 0.25) is 0 Å². The van der Waals surface area contributed by atoms with Gasteiger partial charge in [0, 0.05) is 18.8 Å². The molecular weight excluding hydrogens is 153 g/mol. The third-order valence-corrected chi connectivity index (χ3v) is 2.50. The lowest BCUT2D eigenvalue weighted by Gasteiger charge is -2.33. The van der Waals surface area contributed by atoms with Crippen LogP contribution in [0.1, 0.15) is 26.7 Å². The first kappa shape index (κ1) is 9.56. The first-order valence-corrected chi connectivity index (χ1v) is 4.69. The molecule has 0 aliphatic carbocycles. The minimum absolute atomic E-state index is 0.487. The number of nitrogens with zero attached hydrogens (tertiary/aromatic N) is 1. The second-order valence-corrected chi connectivity index (χ2v) is 3.81. The van der Waals surface area contributed by atoms with E-state index >= 15 is 0 Å². The lowest BCUT2D eigenvalue weighted by Crippen LogP contribution is -2.34. The Hall–Kier alpha value is -0.530. The Morgan fingerprint density at radius 3 is 2.33 bits per heavy atom. The van der Waals surface area contributed by atoms with Crippen molar-refractivity contribution >= 4 is 0 Å². The van der Waals surface area contributed by atoms with Crippen LogP contribution >= 0.6 is 0 Å². The van der Waals surface area contributed by atoms with Crippen LogP contribution in [-0.2, 0) is 0 Å². The Bertz CT molecular complexity index is 157. The minimum atomic E-state index is -0.582. The van der Waals surface area contributed by atoms with E-state index in [1.54, 1.807) is 0 Å². The smallest absolute Gasteiger partial charge is 0.103 e. The van der Waals surface area contributed by atoms with E-state index < -0.39 is 6.17 Å². The Labute approximate surface area is 74.3 Å². The highest BCUT2D eigenvalue weighted by molar-refractivity contribution is 4.98. The van der Waals surface area contributed by atoms with Crippen molar-refractivity contribution in [3.05, 3.63) is 12.3 Å². The zero-order valence-electron chi connectivity index (χ0n) is 8.02. The number of halogens is 1. The van der Waals surface area contributed by atoms with Crippen molar-refractivity contribution in [2.45, 2.75) is 32.9 Å². The normalized spacial score (nSPS) is 20.2. The molecule has 1 saturated heterocycles. The maximum atomic E-state index is 12.8. The maximum Gasteiger partial charge on any atom is 0.103 e. The number of allylic oxidation sites excluding steroid dienone is 1. The number of rotatable bonds is 2. The molecule has 1 rings (SSSR count). The fourth-order valence-corrected chi connectivity index (χ4v) is 1.50. The predicted octanol–water partition coefficient (Wildman–Crippen LogP) is 2.59. The molecule has 0 saturated carbocycles. The molecule has 12 heavy (non-hydrogen) atoms. The van der Waals surface area contributed by atoms with Crippen LogP contribution in [0.5, 0.6) is 0 Å². The highest BCUT2D eigenvalue weighted by Crippen LogP contribution is 2.20. The van der Waals surface area contributed by atoms with Gasteiger partial charge in [0.05, 0.1) is 0 Å². The van der Waals surface area contributed by atoms with Gasteiger partial charge in [-0.3, -0.25) is 0 Å². The summed E-state index contributed by atoms with van der Waals surface area (Å²) in [5.74, 6) is 0.487. The average molecular weight is 171 g/mol. The molecule has 0 atom stereocenters. The standard InChI is InChI=1S/C10H18FN/c1-8(2)9(3)12-6-4-10(11)5-7-12/h8,10H,3-7H2,1-2H3. The molecule has 1 aliphatic heterocycles. The molecule has 0 spiro atoms. The Morgan fingerprint density at radius 2 is 1.92 bits per heavy atom. The second kappa shape index (κ2) is 3.92. The maximum absolute atomic E-state index is 12.8. The predicted molar refractivity (Wildman–Crippen MR) is 49.7 cm³/mol. The Balaban J connectivity index is 2.39. The van der Waals surface area contributed by atoms with E-state index in [0.29, 0.717) is 18.8 Å². The number of hydrogen-bond acceptors (Lipinski definition) is 1. The van der Waals surface area contributed by atoms with Gasteiger partial charge in [0.15, 0.2) is 0 Å². The van der Waals surface area contributed by atoms with E-state index in [1.165, 1.54) is 0 Å². The van der Waals surface area contributed by atoms with Crippen LogP contribution in [0, 0.1) is 5.92 Å². The molecule has 0 unspecified atom stereocenters. The zero-order valence-corrected chi connectivity index (χ0v) is 8.02. The van der Waals surface area contributed by atoms with Gasteiger partial charge in [0.1, 0.15) is 6.17 Å². The zero-order chi connectivity index (χ0) is 9.14. The van der Waals surface area contributed by atoms with Crippen LogP contribution in [0.25, 0.3) is 0 Å². The summed E-state index contributed by atoms with van der Waals surface area (Å²) < 4.78 is 12.8. The summed E-state index contributed by atoms with van der Waals surface area (Å²) in [6.45, 7) is 9.95. The summed E-state index contributed by atoms with van der Waals surface area (Å²) in [7, 11) is 0. The molecule has 0 aromatic rings. The van der Waals surface area contributed by atoms with Crippen LogP contribution in [0.3, 0.4) is 0 Å². The molecule has 2 heteroatoms. The minimum Gasteiger partial charge on any atom is -0.375 e. The molecule has 0 radical (unpaired) electrons. The first-order valence-electron chi connectivity index (χ1n) is 4.69. The van der Waals surface area contributed by atoms with Gasteiger partial charge in [0.25, 0.3) is 0 Å². The average Bonchev–Trinajstić information content (AvgIpc) is 2.04. The third kappa shape index (κ3) is 2.23. The second-order valence-electron chi connectivity index (χ2n) is 3.81. The fraction of sp³-hybridized carbons (Fsp3) is 0.800. The van der Waals surface area contributed by atoms with Gasteiger partial charge in [-0.15, -0.1) is 0 Å². The molecule has 1 heterocycles. The van der Waals surface area contributed by atoms with Crippen LogP contribution in [-0.4, -0.2) is 24.2 Å². The molecule has 0 amide bonds. The van der Waals surface area contributed by atoms with Gasteiger partial charge in [-0.25, -0.2) is 4.39 Å². The van der Waals surface area contributed by atoms with Gasteiger partial charge < -0.3 is 4.90 Å². The molecule has 0 bridgehead atoms. The van der Waals surface area contributed by atoms with Gasteiger partial charge in [-0.05, 0) is 18.8 Å². The van der Waals surface area contributed by atoms with E-state index in [0.717, 1.165) is 18.8 Å². The molecule has 0 aromatic carbocycles. The quantitative estimate of drug-likeness (QED) is 0.617. The Kier molecular flexibility index (Phi) is 3.12. The van der Waals surface area contributed by atoms with E-state index in [9.17, 15) is 4.39 Å². The highest BCUT2D eigenvalue weighted by atomic mass is 19.1. The molecule has 1 aliphatic rings. The van der Waals surface area contributed by atoms with Crippen LogP contribution in [0.2, 0.25) is 0 Å². The molecule has 1 fully saturated rings. The fourth-order valence-electron chi connectivity index (χ4n) is 1.50. The van der Waals surface area contributed by atoms with Crippen molar-refractivity contribution in [1.29, 1.82) is 0 Å². The Morgan fingerprint density at radius 1 is 1.42 bits per heavy atom. The van der Waals surface area contributed by atoms with Gasteiger partial charge >= 0.3 is 0 Å². The summed E-state index contributed by atoms with van der Waals surface area (Å²) in [5.41, 5.74) is 1.15. The number of piperidine rings is 1. The van der Waals surface area contributed by atoms with Crippen molar-refractivity contribution in [3.8, 4) is 0 Å². The number of hydrogen-bond donors (Lipinski definition) is 0. The lowest BCUT2D eigenvalue weighted by atomic mass is 10.0. The van der Waals surface area contributed by atoms with Crippen molar-refractivity contribution < 1.29 is 4.39 Å². The largest absolute Gasteiger partial charge is 0.375 e. The molecular formula is C10H18FN. The van der Waals surface area contributed by atoms with E-state index in [-0.39, 0.29) is 0 Å². The van der Waals surface area contributed by atoms with Gasteiger partial charge in [-0.2, -0.15) is 0 Å². The first-order chi connectivity index (χ1) is 5.61. The van der Waals surface area contributed by atoms with E-state index in [4.69, 9.17) is 0 Å². The van der Waals surface area contributed by atoms with Crippen LogP contribution in [0.4, 0.5) is 4.39 Å². The third-order valence-electron chi connectivity index (χ3n) is 2.50. The SMILES string of the molecule is C=C(C(C)C)N1CCC(F)CC1. The molecule has 70 valence electrons. The van der Waals surface area contributed by atoms with Crippen molar-refractivity contribution in [2.75, 3.05) is 13.1 Å². The summed E-state index contributed by atoms with van der Waals surface area (Å²) in [6.07, 6.45) is 0.763. The number of likely N-dealkylation sites (tertiary alicyclic amines) is 1. The summed E-state index contributed by atoms with van der Waals surface area (Å²) in [6, 6.07) is 0. The highest BCUT2D eigenvalue weighted by Gasteiger charge is 2.19. The van der Waals surface area contributed by atoms with E-state index in [1.807, 2.05) is 0 Å². The molecule has 0 N–H and O–H groups in total. The van der Waals surface area contributed by atoms with Crippen molar-refractivity contribution in [3.63, 3.8) is 0 Å². The van der Waals surface area contributed by atoms with Crippen LogP contribution < -0.4 is 0 Å². The summed E-state index contributed by atoms with van der Waals surface area (Å²) in [4.78, 5) is 2.21. The van der Waals surface area contributed by atoms with Crippen LogP contribution in [0.15, 0.2) is 12.3 Å².